The molecule has 26 heavy (non-hydrogen) atoms. The van der Waals surface area contributed by atoms with Crippen LogP contribution in [-0.2, 0) is 11.3 Å². The molecule has 0 saturated heterocycles. The van der Waals surface area contributed by atoms with Gasteiger partial charge < -0.3 is 9.84 Å². The molecule has 1 atom stereocenters. The Bertz CT molecular complexity index is 826. The van der Waals surface area contributed by atoms with Crippen LogP contribution < -0.4 is 9.64 Å². The molecule has 10 heteroatoms. The lowest BCUT2D eigenvalue weighted by atomic mass is 10.0. The summed E-state index contributed by atoms with van der Waals surface area (Å²) in [5, 5.41) is 9.46. The summed E-state index contributed by atoms with van der Waals surface area (Å²) < 4.78 is 70.7. The zero-order chi connectivity index (χ0) is 19.1. The van der Waals surface area contributed by atoms with Crippen molar-refractivity contribution in [2.45, 2.75) is 24.9 Å². The molecule has 0 aliphatic carbocycles. The summed E-state index contributed by atoms with van der Waals surface area (Å²) >= 11 is 0. The maximum Gasteiger partial charge on any atom is 0.483 e. The van der Waals surface area contributed by atoms with Crippen LogP contribution in [0.25, 0.3) is 0 Å². The normalized spacial score (nSPS) is 17.5. The van der Waals surface area contributed by atoms with Gasteiger partial charge in [-0.2, -0.15) is 22.0 Å². The van der Waals surface area contributed by atoms with E-state index >= 15 is 0 Å². The van der Waals surface area contributed by atoms with Crippen molar-refractivity contribution in [1.82, 2.24) is 4.98 Å². The Labute approximate surface area is 143 Å². The number of aliphatic hydroxyl groups is 1. The number of hydrogen-bond acceptors (Lipinski definition) is 4. The molecule has 1 aromatic carbocycles. The number of rotatable bonds is 3. The van der Waals surface area contributed by atoms with Gasteiger partial charge in [0.15, 0.2) is 11.9 Å². The number of pyridine rings is 1. The van der Waals surface area contributed by atoms with Gasteiger partial charge in [0.25, 0.3) is 0 Å². The quantitative estimate of drug-likeness (QED) is 0.839. The van der Waals surface area contributed by atoms with Crippen molar-refractivity contribution in [2.24, 2.45) is 0 Å². The highest BCUT2D eigenvalue weighted by atomic mass is 19.4. The molecular weight excluding hydrogens is 363 g/mol. The van der Waals surface area contributed by atoms with E-state index < -0.39 is 42.2 Å². The second-order valence-corrected chi connectivity index (χ2v) is 5.47. The molecule has 0 bridgehead atoms. The lowest BCUT2D eigenvalue weighted by Gasteiger charge is -2.35. The third-order valence-electron chi connectivity index (χ3n) is 3.69. The van der Waals surface area contributed by atoms with E-state index in [2.05, 4.69) is 9.72 Å². The number of fused-ring (bicyclic) bond motifs is 1. The van der Waals surface area contributed by atoms with Crippen LogP contribution in [0.3, 0.4) is 0 Å². The van der Waals surface area contributed by atoms with Crippen LogP contribution in [-0.4, -0.2) is 28.3 Å². The highest BCUT2D eigenvalue weighted by Crippen LogP contribution is 2.47. The summed E-state index contributed by atoms with van der Waals surface area (Å²) in [5.74, 6) is -2.65. The first kappa shape index (κ1) is 18.1. The van der Waals surface area contributed by atoms with Crippen LogP contribution in [0.15, 0.2) is 42.6 Å². The zero-order valence-corrected chi connectivity index (χ0v) is 12.9. The zero-order valence-electron chi connectivity index (χ0n) is 12.9. The standard InChI is InChI=1S/C16H11F5N2O3/c17-15(18,19)13(24)10-5-3-6-11-12(10)26-16(20,21)14(25)23(11)8-9-4-1-2-7-22-9/h1-7,13,24H,8H2. The third kappa shape index (κ3) is 3.19. The van der Waals surface area contributed by atoms with Gasteiger partial charge in [0.1, 0.15) is 0 Å². The monoisotopic (exact) mass is 374 g/mol. The fourth-order valence-electron chi connectivity index (χ4n) is 2.51. The number of hydrogen-bond donors (Lipinski definition) is 1. The molecular formula is C16H11F5N2O3. The van der Waals surface area contributed by atoms with E-state index in [1.165, 1.54) is 12.3 Å². The molecule has 5 nitrogen and oxygen atoms in total. The number of carbonyl (C=O) groups excluding carboxylic acids is 1. The number of benzene rings is 1. The Kier molecular flexibility index (Phi) is 4.31. The van der Waals surface area contributed by atoms with Gasteiger partial charge >= 0.3 is 18.2 Å². The minimum Gasteiger partial charge on any atom is -0.423 e. The number of halogens is 5. The minimum atomic E-state index is -5.10. The molecule has 3 rings (SSSR count). The average Bonchev–Trinajstić information content (AvgIpc) is 2.58. The van der Waals surface area contributed by atoms with Crippen LogP contribution in [0.2, 0.25) is 0 Å². The fraction of sp³-hybridized carbons (Fsp3) is 0.250. The molecule has 0 fully saturated rings. The maximum absolute atomic E-state index is 14.0. The molecule has 0 saturated carbocycles. The highest BCUT2D eigenvalue weighted by molar-refractivity contribution is 6.01. The predicted octanol–water partition coefficient (Wildman–Crippen LogP) is 3.20. The van der Waals surface area contributed by atoms with E-state index in [4.69, 9.17) is 0 Å². The van der Waals surface area contributed by atoms with E-state index in [0.29, 0.717) is 4.90 Å². The van der Waals surface area contributed by atoms with Crippen molar-refractivity contribution in [1.29, 1.82) is 0 Å². The van der Waals surface area contributed by atoms with Crippen molar-refractivity contribution in [3.05, 3.63) is 53.9 Å². The van der Waals surface area contributed by atoms with E-state index in [0.717, 1.165) is 18.2 Å². The summed E-state index contributed by atoms with van der Waals surface area (Å²) in [6.45, 7) is -0.406. The molecule has 1 aliphatic rings. The summed E-state index contributed by atoms with van der Waals surface area (Å²) in [7, 11) is 0. The Morgan fingerprint density at radius 2 is 1.92 bits per heavy atom. The number of aromatic nitrogens is 1. The number of alkyl halides is 5. The summed E-state index contributed by atoms with van der Waals surface area (Å²) in [4.78, 5) is 16.5. The number of para-hydroxylation sites is 1. The second kappa shape index (κ2) is 6.20. The average molecular weight is 374 g/mol. The van der Waals surface area contributed by atoms with Crippen LogP contribution in [0.4, 0.5) is 27.6 Å². The molecule has 138 valence electrons. The van der Waals surface area contributed by atoms with Crippen LogP contribution in [0.5, 0.6) is 5.75 Å². The number of aliphatic hydroxyl groups excluding tert-OH is 1. The van der Waals surface area contributed by atoms with Gasteiger partial charge in [-0.05, 0) is 18.2 Å². The molecule has 1 aromatic heterocycles. The molecule has 2 aromatic rings. The Hall–Kier alpha value is -2.75. The van der Waals surface area contributed by atoms with E-state index in [-0.39, 0.29) is 11.4 Å². The van der Waals surface area contributed by atoms with E-state index in [9.17, 15) is 31.9 Å². The van der Waals surface area contributed by atoms with E-state index in [1.54, 1.807) is 12.1 Å². The van der Waals surface area contributed by atoms with Crippen molar-refractivity contribution in [3.8, 4) is 5.75 Å². The molecule has 1 N–H and O–H groups in total. The van der Waals surface area contributed by atoms with Crippen LogP contribution in [0, 0.1) is 0 Å². The van der Waals surface area contributed by atoms with Gasteiger partial charge in [-0.15, -0.1) is 0 Å². The number of ether oxygens (including phenoxy) is 1. The van der Waals surface area contributed by atoms with Gasteiger partial charge in [0.2, 0.25) is 0 Å². The lowest BCUT2D eigenvalue weighted by Crippen LogP contribution is -2.50. The second-order valence-electron chi connectivity index (χ2n) is 5.47. The summed E-state index contributed by atoms with van der Waals surface area (Å²) in [6, 6.07) is 7.67. The smallest absolute Gasteiger partial charge is 0.423 e. The molecule has 1 amide bonds. The highest BCUT2D eigenvalue weighted by Gasteiger charge is 2.53. The minimum absolute atomic E-state index is 0.242. The number of nitrogens with zero attached hydrogens (tertiary/aromatic N) is 2. The number of anilines is 1. The van der Waals surface area contributed by atoms with Crippen molar-refractivity contribution in [2.75, 3.05) is 4.90 Å². The van der Waals surface area contributed by atoms with E-state index in [1.807, 2.05) is 0 Å². The fourth-order valence-corrected chi connectivity index (χ4v) is 2.51. The van der Waals surface area contributed by atoms with Crippen molar-refractivity contribution < 1.29 is 36.6 Å². The first-order valence-electron chi connectivity index (χ1n) is 7.27. The SMILES string of the molecule is O=C1N(Cc2ccccn2)c2cccc(C(O)C(F)(F)F)c2OC1(F)F. The molecule has 1 aliphatic heterocycles. The van der Waals surface area contributed by atoms with Gasteiger partial charge in [-0.3, -0.25) is 14.7 Å². The van der Waals surface area contributed by atoms with Crippen LogP contribution in [0.1, 0.15) is 17.4 Å². The topological polar surface area (TPSA) is 62.7 Å². The first-order chi connectivity index (χ1) is 12.1. The van der Waals surface area contributed by atoms with Crippen molar-refractivity contribution >= 4 is 11.6 Å². The maximum atomic E-state index is 14.0. The van der Waals surface area contributed by atoms with Gasteiger partial charge in [0, 0.05) is 11.8 Å². The summed E-state index contributed by atoms with van der Waals surface area (Å²) in [5.41, 5.74) is -0.980. The molecule has 0 radical (unpaired) electrons. The van der Waals surface area contributed by atoms with Gasteiger partial charge in [-0.1, -0.05) is 18.2 Å². The number of amides is 1. The van der Waals surface area contributed by atoms with Crippen molar-refractivity contribution in [3.63, 3.8) is 0 Å². The number of carbonyl (C=O) groups is 1. The largest absolute Gasteiger partial charge is 0.483 e. The Balaban J connectivity index is 2.10. The molecule has 1 unspecified atom stereocenters. The summed E-state index contributed by atoms with van der Waals surface area (Å²) in [6.07, 6.45) is -11.1. The Morgan fingerprint density at radius 1 is 1.19 bits per heavy atom. The van der Waals surface area contributed by atoms with Crippen LogP contribution >= 0.6 is 0 Å². The lowest BCUT2D eigenvalue weighted by molar-refractivity contribution is -0.211. The predicted molar refractivity (Wildman–Crippen MR) is 78.5 cm³/mol. The molecule has 2 heterocycles. The van der Waals surface area contributed by atoms with Gasteiger partial charge in [0.05, 0.1) is 17.9 Å². The third-order valence-corrected chi connectivity index (χ3v) is 3.69. The first-order valence-corrected chi connectivity index (χ1v) is 7.27. The van der Waals surface area contributed by atoms with Gasteiger partial charge in [-0.25, -0.2) is 0 Å². The molecule has 0 spiro atoms. The Morgan fingerprint density at radius 3 is 2.54 bits per heavy atom.